The minimum atomic E-state index is -0.169. The predicted octanol–water partition coefficient (Wildman–Crippen LogP) is 0.715. The second kappa shape index (κ2) is 8.92. The summed E-state index contributed by atoms with van der Waals surface area (Å²) in [4.78, 5) is 32.8. The quantitative estimate of drug-likeness (QED) is 0.786. The molecule has 0 unspecified atom stereocenters. The van der Waals surface area contributed by atoms with Crippen molar-refractivity contribution in [3.63, 3.8) is 0 Å². The topological polar surface area (TPSA) is 83.6 Å². The fourth-order valence-electron chi connectivity index (χ4n) is 3.61. The molecule has 2 amide bonds. The highest BCUT2D eigenvalue weighted by molar-refractivity contribution is 7.11. The Balaban J connectivity index is 1.53. The van der Waals surface area contributed by atoms with Gasteiger partial charge in [-0.3, -0.25) is 9.59 Å². The Hall–Kier alpha value is -1.51. The fourth-order valence-corrected chi connectivity index (χ4v) is 4.57. The van der Waals surface area contributed by atoms with Gasteiger partial charge in [-0.25, -0.2) is 4.98 Å². The molecule has 2 aliphatic heterocycles. The van der Waals surface area contributed by atoms with Crippen LogP contribution in [0.5, 0.6) is 0 Å². The third-order valence-electron chi connectivity index (χ3n) is 5.04. The van der Waals surface area contributed by atoms with Crippen LogP contribution in [0.1, 0.15) is 28.9 Å². The molecule has 2 aliphatic rings. The molecular formula is C18H28N4O3S. The lowest BCUT2D eigenvalue weighted by molar-refractivity contribution is -0.141. The molecule has 144 valence electrons. The number of ether oxygens (including phenoxy) is 1. The minimum absolute atomic E-state index is 0.0186. The number of thiazole rings is 1. The van der Waals surface area contributed by atoms with E-state index in [-0.39, 0.29) is 23.7 Å². The number of hydrogen-bond acceptors (Lipinski definition) is 6. The number of morpholine rings is 1. The van der Waals surface area contributed by atoms with Crippen molar-refractivity contribution in [2.24, 2.45) is 11.8 Å². The maximum Gasteiger partial charge on any atom is 0.227 e. The summed E-state index contributed by atoms with van der Waals surface area (Å²) in [6.07, 6.45) is 1.48. The highest BCUT2D eigenvalue weighted by atomic mass is 32.1. The Kier molecular flexibility index (Phi) is 6.61. The summed E-state index contributed by atoms with van der Waals surface area (Å²) in [6.45, 7) is 8.36. The first-order chi connectivity index (χ1) is 12.6. The Bertz CT molecular complexity index is 642. The Morgan fingerprint density at radius 3 is 2.77 bits per heavy atom. The number of piperidine rings is 1. The summed E-state index contributed by atoms with van der Waals surface area (Å²) in [5.74, 6) is -0.137. The van der Waals surface area contributed by atoms with E-state index in [0.29, 0.717) is 52.4 Å². The molecule has 0 saturated carbocycles. The standard InChI is InChI=1S/C18H28N4O3S/c1-3-15-16(26-12(2)21-15)11-20-17(23)13-8-14(10-19-9-13)18(24)22-4-6-25-7-5-22/h13-14,19H,3-11H2,1-2H3,(H,20,23)/t13-,14-/m1/s1. The molecule has 2 N–H and O–H groups in total. The van der Waals surface area contributed by atoms with E-state index >= 15 is 0 Å². The van der Waals surface area contributed by atoms with Crippen molar-refractivity contribution in [3.8, 4) is 0 Å². The van der Waals surface area contributed by atoms with Crippen LogP contribution in [0.15, 0.2) is 0 Å². The first-order valence-electron chi connectivity index (χ1n) is 9.38. The summed E-state index contributed by atoms with van der Waals surface area (Å²) < 4.78 is 5.31. The number of rotatable bonds is 5. The van der Waals surface area contributed by atoms with Gasteiger partial charge in [0.25, 0.3) is 0 Å². The van der Waals surface area contributed by atoms with E-state index in [1.807, 2.05) is 11.8 Å². The molecule has 0 bridgehead atoms. The van der Waals surface area contributed by atoms with E-state index in [0.717, 1.165) is 22.0 Å². The molecule has 0 spiro atoms. The maximum absolute atomic E-state index is 12.7. The second-order valence-electron chi connectivity index (χ2n) is 6.90. The van der Waals surface area contributed by atoms with E-state index in [1.165, 1.54) is 0 Å². The van der Waals surface area contributed by atoms with Crippen molar-refractivity contribution in [2.75, 3.05) is 39.4 Å². The van der Waals surface area contributed by atoms with Gasteiger partial charge in [0.2, 0.25) is 11.8 Å². The molecule has 3 rings (SSSR count). The second-order valence-corrected chi connectivity index (χ2v) is 8.19. The van der Waals surface area contributed by atoms with Crippen LogP contribution in [-0.2, 0) is 27.3 Å². The molecule has 2 fully saturated rings. The van der Waals surface area contributed by atoms with E-state index in [2.05, 4.69) is 22.5 Å². The largest absolute Gasteiger partial charge is 0.378 e. The molecule has 7 nitrogen and oxygen atoms in total. The third-order valence-corrected chi connectivity index (χ3v) is 6.05. The molecule has 2 atom stereocenters. The van der Waals surface area contributed by atoms with E-state index < -0.39 is 0 Å². The van der Waals surface area contributed by atoms with Gasteiger partial charge in [0, 0.05) is 31.1 Å². The van der Waals surface area contributed by atoms with Crippen LogP contribution >= 0.6 is 11.3 Å². The smallest absolute Gasteiger partial charge is 0.227 e. The zero-order valence-electron chi connectivity index (χ0n) is 15.5. The van der Waals surface area contributed by atoms with Crippen LogP contribution in [0, 0.1) is 18.8 Å². The Morgan fingerprint density at radius 2 is 2.04 bits per heavy atom. The number of hydrogen-bond donors (Lipinski definition) is 2. The first-order valence-corrected chi connectivity index (χ1v) is 10.2. The summed E-state index contributed by atoms with van der Waals surface area (Å²) in [7, 11) is 0. The summed E-state index contributed by atoms with van der Waals surface area (Å²) in [5.41, 5.74) is 1.06. The zero-order valence-corrected chi connectivity index (χ0v) is 16.4. The number of nitrogens with zero attached hydrogens (tertiary/aromatic N) is 2. The fraction of sp³-hybridized carbons (Fsp3) is 0.722. The molecule has 0 aromatic carbocycles. The van der Waals surface area contributed by atoms with Crippen molar-refractivity contribution < 1.29 is 14.3 Å². The van der Waals surface area contributed by atoms with Gasteiger partial charge >= 0.3 is 0 Å². The molecule has 0 aliphatic carbocycles. The van der Waals surface area contributed by atoms with Gasteiger partial charge in [-0.2, -0.15) is 0 Å². The molecular weight excluding hydrogens is 352 g/mol. The molecule has 26 heavy (non-hydrogen) atoms. The lowest BCUT2D eigenvalue weighted by atomic mass is 9.88. The van der Waals surface area contributed by atoms with Crippen LogP contribution in [-0.4, -0.2) is 61.1 Å². The van der Waals surface area contributed by atoms with Crippen molar-refractivity contribution in [1.82, 2.24) is 20.5 Å². The van der Waals surface area contributed by atoms with Crippen LogP contribution in [0.25, 0.3) is 0 Å². The average Bonchev–Trinajstić information content (AvgIpc) is 3.06. The van der Waals surface area contributed by atoms with E-state index in [1.54, 1.807) is 11.3 Å². The highest BCUT2D eigenvalue weighted by Gasteiger charge is 2.33. The van der Waals surface area contributed by atoms with Gasteiger partial charge < -0.3 is 20.3 Å². The predicted molar refractivity (Wildman–Crippen MR) is 99.9 cm³/mol. The maximum atomic E-state index is 12.7. The molecule has 0 radical (unpaired) electrons. The van der Waals surface area contributed by atoms with Crippen molar-refractivity contribution in [2.45, 2.75) is 33.2 Å². The number of amides is 2. The molecule has 1 aromatic rings. The van der Waals surface area contributed by atoms with Crippen LogP contribution in [0.4, 0.5) is 0 Å². The van der Waals surface area contributed by atoms with Crippen LogP contribution < -0.4 is 10.6 Å². The van der Waals surface area contributed by atoms with Crippen molar-refractivity contribution in [1.29, 1.82) is 0 Å². The lowest BCUT2D eigenvalue weighted by Crippen LogP contribution is -2.51. The summed E-state index contributed by atoms with van der Waals surface area (Å²) in [5, 5.41) is 7.33. The van der Waals surface area contributed by atoms with Gasteiger partial charge in [-0.15, -0.1) is 11.3 Å². The zero-order chi connectivity index (χ0) is 18.5. The van der Waals surface area contributed by atoms with Crippen LogP contribution in [0.3, 0.4) is 0 Å². The highest BCUT2D eigenvalue weighted by Crippen LogP contribution is 2.21. The first kappa shape index (κ1) is 19.3. The van der Waals surface area contributed by atoms with E-state index in [4.69, 9.17) is 4.74 Å². The van der Waals surface area contributed by atoms with Crippen LogP contribution in [0.2, 0.25) is 0 Å². The monoisotopic (exact) mass is 380 g/mol. The summed E-state index contributed by atoms with van der Waals surface area (Å²) in [6, 6.07) is 0. The molecule has 8 heteroatoms. The molecule has 3 heterocycles. The summed E-state index contributed by atoms with van der Waals surface area (Å²) >= 11 is 1.64. The normalized spacial score (nSPS) is 23.7. The van der Waals surface area contributed by atoms with Gasteiger partial charge in [0.05, 0.1) is 42.3 Å². The van der Waals surface area contributed by atoms with E-state index in [9.17, 15) is 9.59 Å². The number of carbonyl (C=O) groups excluding carboxylic acids is 2. The van der Waals surface area contributed by atoms with Gasteiger partial charge in [0.1, 0.15) is 0 Å². The third kappa shape index (κ3) is 4.61. The van der Waals surface area contributed by atoms with Gasteiger partial charge in [-0.05, 0) is 19.8 Å². The SMILES string of the molecule is CCc1nc(C)sc1CNC(=O)[C@H]1CNC[C@H](C(=O)N2CCOCC2)C1. The van der Waals surface area contributed by atoms with Gasteiger partial charge in [-0.1, -0.05) is 6.92 Å². The van der Waals surface area contributed by atoms with Crippen molar-refractivity contribution >= 4 is 23.2 Å². The number of carbonyl (C=O) groups is 2. The van der Waals surface area contributed by atoms with Gasteiger partial charge in [0.15, 0.2) is 0 Å². The lowest BCUT2D eigenvalue weighted by Gasteiger charge is -2.34. The minimum Gasteiger partial charge on any atom is -0.378 e. The number of nitrogens with one attached hydrogen (secondary N) is 2. The number of aromatic nitrogens is 1. The molecule has 2 saturated heterocycles. The number of aryl methyl sites for hydroxylation is 2. The average molecular weight is 381 g/mol. The Labute approximate surface area is 158 Å². The Morgan fingerprint density at radius 1 is 1.31 bits per heavy atom. The van der Waals surface area contributed by atoms with Crippen molar-refractivity contribution in [3.05, 3.63) is 15.6 Å². The molecule has 1 aromatic heterocycles.